The molecular weight excluding hydrogens is 330 g/mol. The van der Waals surface area contributed by atoms with Gasteiger partial charge in [-0.25, -0.2) is 0 Å². The number of hydrogen-bond donors (Lipinski definition) is 1. The summed E-state index contributed by atoms with van der Waals surface area (Å²) in [6.07, 6.45) is 2.76. The van der Waals surface area contributed by atoms with Crippen LogP contribution in [0, 0.1) is 5.92 Å². The third kappa shape index (κ3) is 4.50. The molecule has 4 heteroatoms. The minimum Gasteiger partial charge on any atom is -0.381 e. The minimum atomic E-state index is -0.0682. The zero-order valence-electron chi connectivity index (χ0n) is 15.0. The summed E-state index contributed by atoms with van der Waals surface area (Å²) in [4.78, 5) is 13.9. The van der Waals surface area contributed by atoms with Crippen LogP contribution in [-0.2, 0) is 9.53 Å². The number of benzene rings is 1. The van der Waals surface area contributed by atoms with Crippen LogP contribution in [0.4, 0.5) is 0 Å². The number of rotatable bonds is 6. The van der Waals surface area contributed by atoms with Crippen molar-refractivity contribution in [1.29, 1.82) is 0 Å². The number of carbonyl (C=O) groups excluding carboxylic acids is 1. The summed E-state index contributed by atoms with van der Waals surface area (Å²) in [5.74, 6) is 0.773. The summed E-state index contributed by atoms with van der Waals surface area (Å²) < 4.78 is 5.38. The molecule has 2 heterocycles. The molecule has 2 atom stereocenters. The average Bonchev–Trinajstić information content (AvgIpc) is 3.20. The molecule has 1 aliphatic heterocycles. The van der Waals surface area contributed by atoms with Crippen LogP contribution in [0.25, 0.3) is 0 Å². The van der Waals surface area contributed by atoms with E-state index in [0.717, 1.165) is 24.8 Å². The molecule has 1 saturated heterocycles. The van der Waals surface area contributed by atoms with E-state index in [1.165, 1.54) is 10.4 Å². The van der Waals surface area contributed by atoms with E-state index >= 15 is 0 Å². The minimum absolute atomic E-state index is 0.0654. The monoisotopic (exact) mass is 357 g/mol. The lowest BCUT2D eigenvalue weighted by molar-refractivity contribution is -0.128. The van der Waals surface area contributed by atoms with Crippen molar-refractivity contribution in [1.82, 2.24) is 5.32 Å². The van der Waals surface area contributed by atoms with Gasteiger partial charge in [0.25, 0.3) is 0 Å². The molecule has 1 aromatic heterocycles. The number of nitrogens with one attached hydrogen (secondary N) is 1. The first-order valence-corrected chi connectivity index (χ1v) is 10.1. The van der Waals surface area contributed by atoms with Crippen molar-refractivity contribution in [3.05, 3.63) is 57.8 Å². The molecule has 0 radical (unpaired) electrons. The van der Waals surface area contributed by atoms with Crippen LogP contribution >= 0.6 is 11.3 Å². The van der Waals surface area contributed by atoms with Gasteiger partial charge in [0.1, 0.15) is 0 Å². The Labute approximate surface area is 154 Å². The Kier molecular flexibility index (Phi) is 6.27. The van der Waals surface area contributed by atoms with E-state index in [1.54, 1.807) is 11.3 Å². The van der Waals surface area contributed by atoms with Gasteiger partial charge in [-0.05, 0) is 47.8 Å². The van der Waals surface area contributed by atoms with E-state index in [4.69, 9.17) is 4.74 Å². The van der Waals surface area contributed by atoms with Gasteiger partial charge in [0.15, 0.2) is 0 Å². The van der Waals surface area contributed by atoms with Crippen molar-refractivity contribution < 1.29 is 9.53 Å². The molecule has 25 heavy (non-hydrogen) atoms. The molecule has 3 nitrogen and oxygen atoms in total. The fourth-order valence-corrected chi connectivity index (χ4v) is 4.05. The number of hydrogen-bond acceptors (Lipinski definition) is 3. The van der Waals surface area contributed by atoms with Crippen molar-refractivity contribution in [2.24, 2.45) is 5.92 Å². The summed E-state index contributed by atoms with van der Waals surface area (Å²) in [6, 6.07) is 12.8. The molecule has 0 aliphatic carbocycles. The molecule has 1 N–H and O–H groups in total. The number of carbonyl (C=O) groups is 1. The van der Waals surface area contributed by atoms with Crippen molar-refractivity contribution in [3.8, 4) is 0 Å². The Morgan fingerprint density at radius 3 is 2.48 bits per heavy atom. The summed E-state index contributed by atoms with van der Waals surface area (Å²) in [6.45, 7) is 5.83. The van der Waals surface area contributed by atoms with E-state index in [2.05, 4.69) is 54.9 Å². The molecule has 0 bridgehead atoms. The normalized spacial score (nSPS) is 17.8. The lowest BCUT2D eigenvalue weighted by Gasteiger charge is -2.25. The maximum Gasteiger partial charge on any atom is 0.224 e. The maximum absolute atomic E-state index is 12.7. The van der Waals surface area contributed by atoms with E-state index in [1.807, 2.05) is 6.07 Å². The van der Waals surface area contributed by atoms with Crippen molar-refractivity contribution in [2.75, 3.05) is 13.2 Å². The quantitative estimate of drug-likeness (QED) is 0.799. The molecule has 2 unspecified atom stereocenters. The zero-order chi connectivity index (χ0) is 17.6. The molecule has 134 valence electrons. The molecule has 2 aromatic rings. The SMILES string of the molecule is CCC(C)c1ccc(C(NC(=O)C2CCOCC2)c2cccs2)cc1. The van der Waals surface area contributed by atoms with Crippen molar-refractivity contribution in [2.45, 2.75) is 45.1 Å². The fraction of sp³-hybridized carbons (Fsp3) is 0.476. The molecule has 1 aromatic carbocycles. The van der Waals surface area contributed by atoms with E-state index in [-0.39, 0.29) is 17.9 Å². The van der Waals surface area contributed by atoms with Gasteiger partial charge in [-0.15, -0.1) is 11.3 Å². The molecule has 1 fully saturated rings. The van der Waals surface area contributed by atoms with Gasteiger partial charge < -0.3 is 10.1 Å². The van der Waals surface area contributed by atoms with Crippen LogP contribution in [0.15, 0.2) is 41.8 Å². The molecule has 1 amide bonds. The van der Waals surface area contributed by atoms with Crippen molar-refractivity contribution >= 4 is 17.2 Å². The predicted molar refractivity (Wildman–Crippen MR) is 103 cm³/mol. The predicted octanol–water partition coefficient (Wildman–Crippen LogP) is 4.89. The number of thiophene rings is 1. The van der Waals surface area contributed by atoms with E-state index in [0.29, 0.717) is 19.1 Å². The number of amides is 1. The second-order valence-electron chi connectivity index (χ2n) is 6.82. The summed E-state index contributed by atoms with van der Waals surface area (Å²) in [5, 5.41) is 5.35. The highest BCUT2D eigenvalue weighted by molar-refractivity contribution is 7.10. The lowest BCUT2D eigenvalue weighted by Crippen LogP contribution is -2.36. The smallest absolute Gasteiger partial charge is 0.224 e. The Bertz CT molecular complexity index is 660. The summed E-state index contributed by atoms with van der Waals surface area (Å²) in [5.41, 5.74) is 2.50. The van der Waals surface area contributed by atoms with E-state index in [9.17, 15) is 4.79 Å². The standard InChI is InChI=1S/C21H27NO2S/c1-3-15(2)16-6-8-17(9-7-16)20(19-5-4-14-25-19)22-21(23)18-10-12-24-13-11-18/h4-9,14-15,18,20H,3,10-13H2,1-2H3,(H,22,23). The van der Waals surface area contributed by atoms with Gasteiger partial charge in [0.2, 0.25) is 5.91 Å². The van der Waals surface area contributed by atoms with Gasteiger partial charge in [-0.2, -0.15) is 0 Å². The Hall–Kier alpha value is -1.65. The van der Waals surface area contributed by atoms with Crippen LogP contribution in [0.1, 0.15) is 61.1 Å². The van der Waals surface area contributed by atoms with Crippen LogP contribution in [0.5, 0.6) is 0 Å². The molecule has 0 saturated carbocycles. The third-order valence-electron chi connectivity index (χ3n) is 5.16. The van der Waals surface area contributed by atoms with Gasteiger partial charge in [-0.1, -0.05) is 44.2 Å². The highest BCUT2D eigenvalue weighted by Crippen LogP contribution is 2.29. The highest BCUT2D eigenvalue weighted by atomic mass is 32.1. The fourth-order valence-electron chi connectivity index (χ4n) is 3.25. The van der Waals surface area contributed by atoms with Crippen LogP contribution in [0.3, 0.4) is 0 Å². The molecule has 1 aliphatic rings. The first kappa shape index (κ1) is 18.2. The molecular formula is C21H27NO2S. The van der Waals surface area contributed by atoms with Crippen LogP contribution in [0.2, 0.25) is 0 Å². The lowest BCUT2D eigenvalue weighted by atomic mass is 9.94. The van der Waals surface area contributed by atoms with Gasteiger partial charge in [0, 0.05) is 24.0 Å². The van der Waals surface area contributed by atoms with Crippen molar-refractivity contribution in [3.63, 3.8) is 0 Å². The third-order valence-corrected chi connectivity index (χ3v) is 6.09. The molecule has 3 rings (SSSR count). The number of ether oxygens (including phenoxy) is 1. The van der Waals surface area contributed by atoms with Gasteiger partial charge >= 0.3 is 0 Å². The first-order chi connectivity index (χ1) is 12.2. The Balaban J connectivity index is 1.79. The van der Waals surface area contributed by atoms with Crippen LogP contribution in [-0.4, -0.2) is 19.1 Å². The topological polar surface area (TPSA) is 38.3 Å². The Morgan fingerprint density at radius 2 is 1.88 bits per heavy atom. The van der Waals surface area contributed by atoms with Crippen LogP contribution < -0.4 is 5.32 Å². The van der Waals surface area contributed by atoms with Gasteiger partial charge in [0.05, 0.1) is 6.04 Å². The molecule has 0 spiro atoms. The largest absolute Gasteiger partial charge is 0.381 e. The average molecular weight is 358 g/mol. The summed E-state index contributed by atoms with van der Waals surface area (Å²) in [7, 11) is 0. The maximum atomic E-state index is 12.7. The second kappa shape index (κ2) is 8.63. The first-order valence-electron chi connectivity index (χ1n) is 9.20. The second-order valence-corrected chi connectivity index (χ2v) is 7.80. The zero-order valence-corrected chi connectivity index (χ0v) is 15.9. The van der Waals surface area contributed by atoms with E-state index < -0.39 is 0 Å². The highest BCUT2D eigenvalue weighted by Gasteiger charge is 2.25. The summed E-state index contributed by atoms with van der Waals surface area (Å²) >= 11 is 1.69. The Morgan fingerprint density at radius 1 is 1.20 bits per heavy atom. The van der Waals surface area contributed by atoms with Gasteiger partial charge in [-0.3, -0.25) is 4.79 Å².